The molecule has 3 rings (SSSR count). The lowest BCUT2D eigenvalue weighted by Crippen LogP contribution is -2.17. The van der Waals surface area contributed by atoms with Crippen molar-refractivity contribution in [3.63, 3.8) is 0 Å². The van der Waals surface area contributed by atoms with Gasteiger partial charge in [0.25, 0.3) is 0 Å². The van der Waals surface area contributed by atoms with Crippen LogP contribution in [0.3, 0.4) is 0 Å². The summed E-state index contributed by atoms with van der Waals surface area (Å²) in [4.78, 5) is 0. The maximum Gasteiger partial charge on any atom is 0.106 e. The van der Waals surface area contributed by atoms with Crippen LogP contribution in [0.4, 0.5) is 11.4 Å². The van der Waals surface area contributed by atoms with Gasteiger partial charge in [0, 0.05) is 16.9 Å². The number of benzene rings is 2. The number of halogens is 1. The maximum absolute atomic E-state index is 9.05. The van der Waals surface area contributed by atoms with E-state index in [2.05, 4.69) is 33.4 Å². The van der Waals surface area contributed by atoms with Crippen LogP contribution in [0, 0.1) is 16.7 Å². The number of fused-ring (bicyclic) bond motifs is 1. The van der Waals surface area contributed by atoms with E-state index < -0.39 is 0 Å². The number of nitrogens with one attached hydrogen (secondary N) is 2. The van der Waals surface area contributed by atoms with Crippen molar-refractivity contribution in [3.05, 3.63) is 58.7 Å². The van der Waals surface area contributed by atoms with Crippen LogP contribution in [0.1, 0.15) is 41.1 Å². The molecule has 23 heavy (non-hydrogen) atoms. The Morgan fingerprint density at radius 1 is 1.30 bits per heavy atom. The Bertz CT molecular complexity index is 807. The molecule has 0 heterocycles. The van der Waals surface area contributed by atoms with Crippen molar-refractivity contribution in [2.75, 3.05) is 11.1 Å². The molecule has 0 saturated heterocycles. The van der Waals surface area contributed by atoms with E-state index in [0.717, 1.165) is 24.9 Å². The third-order valence-electron chi connectivity index (χ3n) is 4.22. The fourth-order valence-corrected chi connectivity index (χ4v) is 3.41. The summed E-state index contributed by atoms with van der Waals surface area (Å²) < 4.78 is 0.279. The van der Waals surface area contributed by atoms with E-state index >= 15 is 0 Å². The Kier molecular flexibility index (Phi) is 4.35. The van der Waals surface area contributed by atoms with Crippen molar-refractivity contribution < 1.29 is 0 Å². The van der Waals surface area contributed by atoms with E-state index in [9.17, 15) is 0 Å². The molecule has 1 atom stereocenters. The number of nitrogens with zero attached hydrogens (tertiary/aromatic N) is 1. The Hall–Kier alpha value is -2.32. The average Bonchev–Trinajstić information content (AvgIpc) is 2.56. The highest BCUT2D eigenvalue weighted by Gasteiger charge is 2.20. The van der Waals surface area contributed by atoms with Crippen molar-refractivity contribution in [3.8, 4) is 6.07 Å². The predicted octanol–water partition coefficient (Wildman–Crippen LogP) is 4.35. The van der Waals surface area contributed by atoms with Crippen LogP contribution in [-0.2, 0) is 6.42 Å². The first kappa shape index (κ1) is 15.6. The van der Waals surface area contributed by atoms with Gasteiger partial charge in [-0.3, -0.25) is 5.41 Å². The van der Waals surface area contributed by atoms with Crippen LogP contribution in [0.2, 0.25) is 0 Å². The second-order valence-corrected chi connectivity index (χ2v) is 6.52. The Morgan fingerprint density at radius 2 is 2.13 bits per heavy atom. The van der Waals surface area contributed by atoms with Gasteiger partial charge in [0.15, 0.2) is 0 Å². The Morgan fingerprint density at radius 3 is 2.87 bits per heavy atom. The smallest absolute Gasteiger partial charge is 0.106 e. The monoisotopic (exact) mass is 368 g/mol. The molecule has 0 aromatic heterocycles. The molecule has 0 bridgehead atoms. The summed E-state index contributed by atoms with van der Waals surface area (Å²) in [6.45, 7) is 0. The van der Waals surface area contributed by atoms with Crippen LogP contribution < -0.4 is 11.1 Å². The summed E-state index contributed by atoms with van der Waals surface area (Å²) >= 11 is 3.18. The number of hydrogen-bond donors (Lipinski definition) is 3. The van der Waals surface area contributed by atoms with Crippen molar-refractivity contribution in [2.45, 2.75) is 25.3 Å². The van der Waals surface area contributed by atoms with Gasteiger partial charge in [-0.05, 0) is 76.7 Å². The van der Waals surface area contributed by atoms with Crippen molar-refractivity contribution in [1.82, 2.24) is 0 Å². The highest BCUT2D eigenvalue weighted by atomic mass is 79.9. The van der Waals surface area contributed by atoms with Crippen LogP contribution in [0.25, 0.3) is 0 Å². The normalized spacial score (nSPS) is 16.3. The minimum Gasteiger partial charge on any atom is -0.398 e. The van der Waals surface area contributed by atoms with Gasteiger partial charge < -0.3 is 11.1 Å². The zero-order chi connectivity index (χ0) is 16.4. The minimum absolute atomic E-state index is 0.215. The molecule has 0 saturated carbocycles. The Balaban J connectivity index is 1.89. The van der Waals surface area contributed by atoms with E-state index in [1.165, 1.54) is 11.1 Å². The molecular weight excluding hydrogens is 352 g/mol. The third kappa shape index (κ3) is 3.22. The summed E-state index contributed by atoms with van der Waals surface area (Å²) in [5.74, 6) is 0. The van der Waals surface area contributed by atoms with Gasteiger partial charge in [-0.1, -0.05) is 6.07 Å². The van der Waals surface area contributed by atoms with Crippen LogP contribution in [0.5, 0.6) is 0 Å². The maximum atomic E-state index is 9.05. The molecule has 116 valence electrons. The summed E-state index contributed by atoms with van der Waals surface area (Å²) in [6.07, 6.45) is 3.15. The molecule has 4 nitrogen and oxygen atoms in total. The number of anilines is 2. The SMILES string of the molecule is N#Cc1ccc2c(c1)CCCC2Nc1ccc(N)c(C(=N)Br)c1. The fourth-order valence-electron chi connectivity index (χ4n) is 3.07. The van der Waals surface area contributed by atoms with Crippen molar-refractivity contribution in [2.24, 2.45) is 0 Å². The van der Waals surface area contributed by atoms with Gasteiger partial charge in [-0.15, -0.1) is 0 Å². The zero-order valence-electron chi connectivity index (χ0n) is 12.6. The summed E-state index contributed by atoms with van der Waals surface area (Å²) in [6, 6.07) is 14.0. The highest BCUT2D eigenvalue weighted by molar-refractivity contribution is 9.18. The molecule has 1 unspecified atom stereocenters. The molecule has 0 fully saturated rings. The molecule has 2 aromatic carbocycles. The van der Waals surface area contributed by atoms with Gasteiger partial charge in [0.05, 0.1) is 17.7 Å². The molecule has 0 aliphatic heterocycles. The second-order valence-electron chi connectivity index (χ2n) is 5.73. The number of rotatable bonds is 3. The molecule has 4 N–H and O–H groups in total. The standard InChI is InChI=1S/C18H17BrN4/c19-18(22)15-9-13(5-7-16(15)21)23-17-3-1-2-12-8-11(10-20)4-6-14(12)17/h4-9,17,22-23H,1-3,21H2. The molecule has 0 amide bonds. The molecule has 2 aromatic rings. The molecular formula is C18H17BrN4. The first-order valence-electron chi connectivity index (χ1n) is 7.52. The van der Waals surface area contributed by atoms with E-state index in [1.54, 1.807) is 0 Å². The van der Waals surface area contributed by atoms with Crippen LogP contribution in [0.15, 0.2) is 36.4 Å². The lowest BCUT2D eigenvalue weighted by Gasteiger charge is -2.27. The first-order chi connectivity index (χ1) is 11.1. The summed E-state index contributed by atoms with van der Waals surface area (Å²) in [7, 11) is 0. The molecule has 5 heteroatoms. The van der Waals surface area contributed by atoms with E-state index in [4.69, 9.17) is 16.4 Å². The lowest BCUT2D eigenvalue weighted by molar-refractivity contribution is 0.600. The predicted molar refractivity (Wildman–Crippen MR) is 97.1 cm³/mol. The topological polar surface area (TPSA) is 85.7 Å². The summed E-state index contributed by atoms with van der Waals surface area (Å²) in [5.41, 5.74) is 11.3. The molecule has 1 aliphatic rings. The molecule has 0 spiro atoms. The van der Waals surface area contributed by atoms with Gasteiger partial charge in [-0.25, -0.2) is 0 Å². The van der Waals surface area contributed by atoms with Crippen molar-refractivity contribution >= 4 is 31.9 Å². The summed E-state index contributed by atoms with van der Waals surface area (Å²) in [5, 5.41) is 20.3. The number of nitrogens with two attached hydrogens (primary N) is 1. The lowest BCUT2D eigenvalue weighted by atomic mass is 9.86. The van der Waals surface area contributed by atoms with Gasteiger partial charge >= 0.3 is 0 Å². The fraction of sp³-hybridized carbons (Fsp3) is 0.222. The van der Waals surface area contributed by atoms with E-state index in [0.29, 0.717) is 16.8 Å². The Labute approximate surface area is 144 Å². The van der Waals surface area contributed by atoms with Crippen LogP contribution >= 0.6 is 15.9 Å². The number of aryl methyl sites for hydroxylation is 1. The second kappa shape index (κ2) is 6.43. The third-order valence-corrected chi connectivity index (χ3v) is 4.64. The molecule has 1 aliphatic carbocycles. The zero-order valence-corrected chi connectivity index (χ0v) is 14.2. The quantitative estimate of drug-likeness (QED) is 0.555. The first-order valence-corrected chi connectivity index (χ1v) is 8.31. The van der Waals surface area contributed by atoms with Gasteiger partial charge in [0.2, 0.25) is 0 Å². The number of nitriles is 1. The average molecular weight is 369 g/mol. The number of hydrogen-bond acceptors (Lipinski definition) is 4. The van der Waals surface area contributed by atoms with E-state index in [-0.39, 0.29) is 10.7 Å². The van der Waals surface area contributed by atoms with E-state index in [1.807, 2.05) is 30.3 Å². The number of nitrogen functional groups attached to an aromatic ring is 1. The molecule has 0 radical (unpaired) electrons. The highest BCUT2D eigenvalue weighted by Crippen LogP contribution is 2.33. The minimum atomic E-state index is 0.215. The van der Waals surface area contributed by atoms with Gasteiger partial charge in [-0.2, -0.15) is 5.26 Å². The van der Waals surface area contributed by atoms with Gasteiger partial charge in [0.1, 0.15) is 4.62 Å². The largest absolute Gasteiger partial charge is 0.398 e. The van der Waals surface area contributed by atoms with Crippen LogP contribution in [-0.4, -0.2) is 4.62 Å². The van der Waals surface area contributed by atoms with Crippen molar-refractivity contribution in [1.29, 1.82) is 10.7 Å².